The van der Waals surface area contributed by atoms with Crippen molar-refractivity contribution in [2.45, 2.75) is 25.7 Å². The van der Waals surface area contributed by atoms with Gasteiger partial charge in [-0.3, -0.25) is 9.59 Å². The van der Waals surface area contributed by atoms with Crippen LogP contribution in [0, 0.1) is 5.92 Å². The van der Waals surface area contributed by atoms with Crippen molar-refractivity contribution in [3.05, 3.63) is 64.7 Å². The van der Waals surface area contributed by atoms with E-state index < -0.39 is 0 Å². The number of ketones is 1. The molecule has 1 atom stereocenters. The van der Waals surface area contributed by atoms with Gasteiger partial charge in [-0.25, -0.2) is 0 Å². The van der Waals surface area contributed by atoms with Gasteiger partial charge in [0.05, 0.1) is 7.11 Å². The number of methoxy groups -OCH3 is 1. The fourth-order valence-electron chi connectivity index (χ4n) is 3.47. The van der Waals surface area contributed by atoms with Gasteiger partial charge < -0.3 is 9.64 Å². The summed E-state index contributed by atoms with van der Waals surface area (Å²) in [6.45, 7) is 1.23. The average Bonchev–Trinajstić information content (AvgIpc) is 2.72. The molecule has 3 rings (SSSR count). The Kier molecular flexibility index (Phi) is 6.51. The smallest absolute Gasteiger partial charge is 0.222 e. The summed E-state index contributed by atoms with van der Waals surface area (Å²) in [6.07, 6.45) is 2.82. The Balaban J connectivity index is 1.55. The number of rotatable bonds is 6. The second-order valence-corrected chi connectivity index (χ2v) is 7.33. The minimum Gasteiger partial charge on any atom is -0.497 e. The highest BCUT2D eigenvalue weighted by atomic mass is 35.5. The predicted molar refractivity (Wildman–Crippen MR) is 106 cm³/mol. The number of Topliss-reactive ketones (excluding diaryl/α,β-unsaturated/α-hetero) is 1. The first-order valence-electron chi connectivity index (χ1n) is 9.27. The van der Waals surface area contributed by atoms with Gasteiger partial charge in [-0.05, 0) is 61.2 Å². The molecule has 1 aliphatic heterocycles. The molecule has 0 saturated carbocycles. The molecule has 2 aromatic carbocycles. The van der Waals surface area contributed by atoms with Gasteiger partial charge in [0.15, 0.2) is 5.78 Å². The summed E-state index contributed by atoms with van der Waals surface area (Å²) < 4.78 is 5.15. The molecule has 2 aromatic rings. The van der Waals surface area contributed by atoms with Gasteiger partial charge in [0.2, 0.25) is 5.91 Å². The quantitative estimate of drug-likeness (QED) is 0.692. The number of carbonyl (C=O) groups excluding carboxylic acids is 2. The van der Waals surface area contributed by atoms with Crippen LogP contribution >= 0.6 is 11.6 Å². The molecule has 1 heterocycles. The third kappa shape index (κ3) is 5.10. The zero-order valence-electron chi connectivity index (χ0n) is 15.5. The van der Waals surface area contributed by atoms with Crippen LogP contribution in [0.15, 0.2) is 48.5 Å². The number of piperidine rings is 1. The van der Waals surface area contributed by atoms with Gasteiger partial charge in [0, 0.05) is 36.0 Å². The van der Waals surface area contributed by atoms with E-state index in [4.69, 9.17) is 16.3 Å². The fourth-order valence-corrected chi connectivity index (χ4v) is 3.60. The van der Waals surface area contributed by atoms with Gasteiger partial charge in [0.1, 0.15) is 5.75 Å². The Morgan fingerprint density at radius 2 is 1.81 bits per heavy atom. The number of hydrogen-bond acceptors (Lipinski definition) is 3. The Hall–Kier alpha value is -2.33. The van der Waals surface area contributed by atoms with Gasteiger partial charge in [-0.2, -0.15) is 0 Å². The van der Waals surface area contributed by atoms with E-state index in [0.29, 0.717) is 30.0 Å². The van der Waals surface area contributed by atoms with Gasteiger partial charge in [0.25, 0.3) is 0 Å². The lowest BCUT2D eigenvalue weighted by Crippen LogP contribution is -2.42. The molecule has 5 heteroatoms. The zero-order chi connectivity index (χ0) is 19.2. The average molecular weight is 386 g/mol. The molecular weight excluding hydrogens is 362 g/mol. The highest BCUT2D eigenvalue weighted by Gasteiger charge is 2.28. The standard InChI is InChI=1S/C22H24ClNO3/c1-27-20-11-4-16(5-12-20)6-13-21(25)24-14-2-3-18(15-24)22(26)17-7-9-19(23)10-8-17/h4-5,7-12,18H,2-3,6,13-15H2,1H3/t18-/m1/s1. The van der Waals surface area contributed by atoms with E-state index >= 15 is 0 Å². The number of benzene rings is 2. The van der Waals surface area contributed by atoms with Crippen molar-refractivity contribution in [3.63, 3.8) is 0 Å². The van der Waals surface area contributed by atoms with Gasteiger partial charge in [-0.15, -0.1) is 0 Å². The van der Waals surface area contributed by atoms with Crippen LogP contribution in [0.25, 0.3) is 0 Å². The second kappa shape index (κ2) is 9.05. The van der Waals surface area contributed by atoms with Crippen molar-refractivity contribution >= 4 is 23.3 Å². The van der Waals surface area contributed by atoms with E-state index in [0.717, 1.165) is 30.7 Å². The minimum absolute atomic E-state index is 0.0966. The minimum atomic E-state index is -0.134. The van der Waals surface area contributed by atoms with E-state index in [-0.39, 0.29) is 17.6 Å². The number of ether oxygens (including phenoxy) is 1. The molecule has 0 bridgehead atoms. The Morgan fingerprint density at radius 3 is 2.48 bits per heavy atom. The number of likely N-dealkylation sites (tertiary alicyclic amines) is 1. The maximum Gasteiger partial charge on any atom is 0.222 e. The van der Waals surface area contributed by atoms with E-state index in [1.54, 1.807) is 31.4 Å². The first-order chi connectivity index (χ1) is 13.1. The third-order valence-electron chi connectivity index (χ3n) is 5.06. The summed E-state index contributed by atoms with van der Waals surface area (Å²) in [7, 11) is 1.64. The number of aryl methyl sites for hydroxylation is 1. The largest absolute Gasteiger partial charge is 0.497 e. The molecule has 0 spiro atoms. The second-order valence-electron chi connectivity index (χ2n) is 6.90. The number of halogens is 1. The predicted octanol–water partition coefficient (Wildman–Crippen LogP) is 4.40. The van der Waals surface area contributed by atoms with Crippen LogP contribution in [0.4, 0.5) is 0 Å². The van der Waals surface area contributed by atoms with Crippen molar-refractivity contribution in [2.24, 2.45) is 5.92 Å². The molecule has 1 saturated heterocycles. The summed E-state index contributed by atoms with van der Waals surface area (Å²) in [4.78, 5) is 27.2. The molecule has 0 N–H and O–H groups in total. The maximum absolute atomic E-state index is 12.7. The van der Waals surface area contributed by atoms with Crippen LogP contribution in [0.1, 0.15) is 35.2 Å². The van der Waals surface area contributed by atoms with Crippen LogP contribution in [-0.4, -0.2) is 36.8 Å². The van der Waals surface area contributed by atoms with E-state index in [9.17, 15) is 9.59 Å². The van der Waals surface area contributed by atoms with Crippen LogP contribution in [0.5, 0.6) is 5.75 Å². The SMILES string of the molecule is COc1ccc(CCC(=O)N2CCC[C@@H](C(=O)c3ccc(Cl)cc3)C2)cc1. The van der Waals surface area contributed by atoms with Crippen LogP contribution in [0.3, 0.4) is 0 Å². The molecular formula is C22H24ClNO3. The maximum atomic E-state index is 12.7. The number of nitrogens with zero attached hydrogens (tertiary/aromatic N) is 1. The Bertz CT molecular complexity index is 786. The van der Waals surface area contributed by atoms with E-state index in [2.05, 4.69) is 0 Å². The lowest BCUT2D eigenvalue weighted by Gasteiger charge is -2.32. The molecule has 0 aromatic heterocycles. The monoisotopic (exact) mass is 385 g/mol. The summed E-state index contributed by atoms with van der Waals surface area (Å²) >= 11 is 5.90. The first kappa shape index (κ1) is 19.4. The molecule has 1 aliphatic rings. The molecule has 142 valence electrons. The number of carbonyl (C=O) groups is 2. The normalized spacial score (nSPS) is 16.8. The summed E-state index contributed by atoms with van der Waals surface area (Å²) in [5, 5.41) is 0.616. The molecule has 0 radical (unpaired) electrons. The highest BCUT2D eigenvalue weighted by molar-refractivity contribution is 6.30. The summed E-state index contributed by atoms with van der Waals surface area (Å²) in [5.41, 5.74) is 1.77. The van der Waals surface area contributed by atoms with E-state index in [1.165, 1.54) is 0 Å². The lowest BCUT2D eigenvalue weighted by atomic mass is 9.90. The first-order valence-corrected chi connectivity index (χ1v) is 9.65. The van der Waals surface area contributed by atoms with Crippen LogP contribution < -0.4 is 4.74 Å². The Morgan fingerprint density at radius 1 is 1.11 bits per heavy atom. The zero-order valence-corrected chi connectivity index (χ0v) is 16.2. The van der Waals surface area contributed by atoms with Gasteiger partial charge in [-0.1, -0.05) is 23.7 Å². The van der Waals surface area contributed by atoms with Crippen molar-refractivity contribution in [1.82, 2.24) is 4.90 Å². The topological polar surface area (TPSA) is 46.6 Å². The molecule has 1 amide bonds. The fraction of sp³-hybridized carbons (Fsp3) is 0.364. The summed E-state index contributed by atoms with van der Waals surface area (Å²) in [5.74, 6) is 0.883. The third-order valence-corrected chi connectivity index (χ3v) is 5.31. The molecule has 1 fully saturated rings. The molecule has 27 heavy (non-hydrogen) atoms. The van der Waals surface area contributed by atoms with Crippen molar-refractivity contribution < 1.29 is 14.3 Å². The molecule has 0 aliphatic carbocycles. The van der Waals surface area contributed by atoms with Crippen molar-refractivity contribution in [2.75, 3.05) is 20.2 Å². The summed E-state index contributed by atoms with van der Waals surface area (Å²) in [6, 6.07) is 14.8. The van der Waals surface area contributed by atoms with Crippen molar-refractivity contribution in [1.29, 1.82) is 0 Å². The molecule has 4 nitrogen and oxygen atoms in total. The van der Waals surface area contributed by atoms with Crippen LogP contribution in [0.2, 0.25) is 5.02 Å². The van der Waals surface area contributed by atoms with Crippen LogP contribution in [-0.2, 0) is 11.2 Å². The molecule has 0 unspecified atom stereocenters. The highest BCUT2D eigenvalue weighted by Crippen LogP contribution is 2.23. The van der Waals surface area contributed by atoms with Crippen molar-refractivity contribution in [3.8, 4) is 5.75 Å². The van der Waals surface area contributed by atoms with Gasteiger partial charge >= 0.3 is 0 Å². The number of hydrogen-bond donors (Lipinski definition) is 0. The number of amides is 1. The Labute approximate surface area is 165 Å². The lowest BCUT2D eigenvalue weighted by molar-refractivity contribution is -0.132. The van der Waals surface area contributed by atoms with E-state index in [1.807, 2.05) is 29.2 Å².